The summed E-state index contributed by atoms with van der Waals surface area (Å²) in [7, 11) is 1.72. The molecule has 2 aromatic rings. The highest BCUT2D eigenvalue weighted by atomic mass is 19.1. The zero-order chi connectivity index (χ0) is 17.4. The molecule has 0 aliphatic carbocycles. The van der Waals surface area contributed by atoms with Gasteiger partial charge in [0.2, 0.25) is 0 Å². The summed E-state index contributed by atoms with van der Waals surface area (Å²) in [5.41, 5.74) is 3.64. The van der Waals surface area contributed by atoms with Crippen LogP contribution in [0.1, 0.15) is 11.1 Å². The average molecular weight is 341 g/mol. The third-order valence-corrected chi connectivity index (χ3v) is 4.85. The molecule has 2 aromatic carbocycles. The molecule has 5 nitrogen and oxygen atoms in total. The first kappa shape index (κ1) is 15.9. The fourth-order valence-electron chi connectivity index (χ4n) is 3.45. The molecule has 1 atom stereocenters. The number of amides is 1. The van der Waals surface area contributed by atoms with Crippen molar-refractivity contribution in [2.45, 2.75) is 19.2 Å². The largest absolute Gasteiger partial charge is 0.428 e. The van der Waals surface area contributed by atoms with Crippen LogP contribution in [0.4, 0.5) is 20.6 Å². The molecule has 25 heavy (non-hydrogen) atoms. The number of carbonyl (C=O) groups excluding carboxylic acids is 1. The van der Waals surface area contributed by atoms with Crippen molar-refractivity contribution < 1.29 is 13.9 Å². The highest BCUT2D eigenvalue weighted by molar-refractivity contribution is 5.90. The number of benzene rings is 2. The van der Waals surface area contributed by atoms with Crippen molar-refractivity contribution in [3.05, 3.63) is 59.4 Å². The molecule has 130 valence electrons. The smallest absolute Gasteiger partial charge is 0.416 e. The van der Waals surface area contributed by atoms with Crippen LogP contribution in [-0.2, 0) is 17.7 Å². The minimum absolute atomic E-state index is 0.322. The van der Waals surface area contributed by atoms with E-state index in [0.29, 0.717) is 24.5 Å². The van der Waals surface area contributed by atoms with Gasteiger partial charge in [-0.1, -0.05) is 24.3 Å². The van der Waals surface area contributed by atoms with E-state index in [1.165, 1.54) is 22.1 Å². The van der Waals surface area contributed by atoms with Crippen molar-refractivity contribution >= 4 is 17.5 Å². The second-order valence-electron chi connectivity index (χ2n) is 6.35. The van der Waals surface area contributed by atoms with E-state index in [0.717, 1.165) is 13.0 Å². The molecule has 1 amide bonds. The van der Waals surface area contributed by atoms with E-state index < -0.39 is 6.09 Å². The minimum Gasteiger partial charge on any atom is -0.428 e. The fraction of sp³-hybridized carbons (Fsp3) is 0.316. The Morgan fingerprint density at radius 2 is 2.00 bits per heavy atom. The van der Waals surface area contributed by atoms with Crippen molar-refractivity contribution in [2.24, 2.45) is 0 Å². The Hall–Kier alpha value is -2.60. The first-order chi connectivity index (χ1) is 12.2. The van der Waals surface area contributed by atoms with Crippen LogP contribution in [0, 0.1) is 5.82 Å². The maximum absolute atomic E-state index is 14.7. The number of carbonyl (C=O) groups is 1. The van der Waals surface area contributed by atoms with Gasteiger partial charge in [0.15, 0.2) is 6.23 Å². The summed E-state index contributed by atoms with van der Waals surface area (Å²) in [5.74, 6) is -0.322. The number of hydrogen-bond acceptors (Lipinski definition) is 4. The molecule has 6 heteroatoms. The predicted molar refractivity (Wildman–Crippen MR) is 94.3 cm³/mol. The van der Waals surface area contributed by atoms with E-state index in [2.05, 4.69) is 17.4 Å². The lowest BCUT2D eigenvalue weighted by molar-refractivity contribution is 0.128. The molecule has 2 aliphatic rings. The van der Waals surface area contributed by atoms with E-state index in [1.807, 2.05) is 17.0 Å². The van der Waals surface area contributed by atoms with E-state index in [1.54, 1.807) is 19.2 Å². The Kier molecular flexibility index (Phi) is 4.05. The van der Waals surface area contributed by atoms with Crippen molar-refractivity contribution in [1.29, 1.82) is 0 Å². The number of nitrogens with one attached hydrogen (secondary N) is 1. The molecule has 4 rings (SSSR count). The molecule has 1 N–H and O–H groups in total. The Bertz CT molecular complexity index is 811. The minimum atomic E-state index is -0.460. The summed E-state index contributed by atoms with van der Waals surface area (Å²) < 4.78 is 19.9. The Morgan fingerprint density at radius 3 is 2.72 bits per heavy atom. The topological polar surface area (TPSA) is 44.8 Å². The van der Waals surface area contributed by atoms with E-state index in [-0.39, 0.29) is 12.0 Å². The van der Waals surface area contributed by atoms with Crippen LogP contribution in [0.3, 0.4) is 0 Å². The van der Waals surface area contributed by atoms with Gasteiger partial charge in [-0.3, -0.25) is 10.2 Å². The summed E-state index contributed by atoms with van der Waals surface area (Å²) in [6.07, 6.45) is 0.0758. The van der Waals surface area contributed by atoms with Crippen LogP contribution in [0.5, 0.6) is 0 Å². The fourth-order valence-corrected chi connectivity index (χ4v) is 3.45. The van der Waals surface area contributed by atoms with Gasteiger partial charge in [0, 0.05) is 13.1 Å². The van der Waals surface area contributed by atoms with Gasteiger partial charge in [0.05, 0.1) is 17.9 Å². The Balaban J connectivity index is 1.56. The molecule has 0 unspecified atom stereocenters. The highest BCUT2D eigenvalue weighted by Gasteiger charge is 2.32. The molecule has 0 saturated carbocycles. The van der Waals surface area contributed by atoms with Gasteiger partial charge in [0.25, 0.3) is 0 Å². The zero-order valence-electron chi connectivity index (χ0n) is 14.0. The van der Waals surface area contributed by atoms with Crippen LogP contribution in [0.25, 0.3) is 0 Å². The number of fused-ring (bicyclic) bond motifs is 1. The second-order valence-corrected chi connectivity index (χ2v) is 6.35. The van der Waals surface area contributed by atoms with Crippen LogP contribution in [0.2, 0.25) is 0 Å². The highest BCUT2D eigenvalue weighted by Crippen LogP contribution is 2.30. The molecule has 1 saturated heterocycles. The van der Waals surface area contributed by atoms with Gasteiger partial charge in [-0.2, -0.15) is 0 Å². The first-order valence-corrected chi connectivity index (χ1v) is 8.42. The molecular weight excluding hydrogens is 321 g/mol. The SMILES string of the molecule is CN[C@@H]1CN(c2ccc(N3CCc4ccccc4C3)c(F)c2)C(=O)O1. The number of anilines is 2. The molecule has 0 spiro atoms. The van der Waals surface area contributed by atoms with Crippen LogP contribution in [0.15, 0.2) is 42.5 Å². The summed E-state index contributed by atoms with van der Waals surface area (Å²) in [4.78, 5) is 15.4. The molecule has 0 aromatic heterocycles. The number of ether oxygens (including phenoxy) is 1. The van der Waals surface area contributed by atoms with Gasteiger partial charge in [-0.15, -0.1) is 0 Å². The maximum atomic E-state index is 14.7. The average Bonchev–Trinajstić information content (AvgIpc) is 3.02. The third kappa shape index (κ3) is 2.93. The van der Waals surface area contributed by atoms with Crippen LogP contribution < -0.4 is 15.1 Å². The number of halogens is 1. The summed E-state index contributed by atoms with van der Waals surface area (Å²) >= 11 is 0. The van der Waals surface area contributed by atoms with Crippen molar-refractivity contribution in [3.63, 3.8) is 0 Å². The standard InChI is InChI=1S/C19H20FN3O2/c1-21-18-12-23(19(24)25-18)15-6-7-17(16(20)10-15)22-9-8-13-4-2-3-5-14(13)11-22/h2-7,10,18,21H,8-9,11-12H2,1H3/t18-/m0/s1. The predicted octanol–water partition coefficient (Wildman–Crippen LogP) is 2.89. The number of hydrogen-bond donors (Lipinski definition) is 1. The molecule has 2 heterocycles. The molecule has 0 bridgehead atoms. The Labute approximate surface area is 146 Å². The van der Waals surface area contributed by atoms with Gasteiger partial charge in [-0.25, -0.2) is 9.18 Å². The molecular formula is C19H20FN3O2. The third-order valence-electron chi connectivity index (χ3n) is 4.85. The van der Waals surface area contributed by atoms with Crippen molar-refractivity contribution in [3.8, 4) is 0 Å². The lowest BCUT2D eigenvalue weighted by atomic mass is 9.99. The van der Waals surface area contributed by atoms with Gasteiger partial charge < -0.3 is 9.64 Å². The van der Waals surface area contributed by atoms with E-state index in [4.69, 9.17) is 4.74 Å². The zero-order valence-corrected chi connectivity index (χ0v) is 14.0. The summed E-state index contributed by atoms with van der Waals surface area (Å²) in [6, 6.07) is 13.2. The lowest BCUT2D eigenvalue weighted by Crippen LogP contribution is -2.32. The second kappa shape index (κ2) is 6.37. The van der Waals surface area contributed by atoms with E-state index in [9.17, 15) is 9.18 Å². The normalized spacial score (nSPS) is 19.8. The summed E-state index contributed by atoms with van der Waals surface area (Å²) in [6.45, 7) is 1.84. The molecule has 2 aliphatic heterocycles. The summed E-state index contributed by atoms with van der Waals surface area (Å²) in [5, 5.41) is 2.89. The van der Waals surface area contributed by atoms with Crippen molar-refractivity contribution in [1.82, 2.24) is 5.32 Å². The maximum Gasteiger partial charge on any atom is 0.416 e. The molecule has 0 radical (unpaired) electrons. The number of likely N-dealkylation sites (N-methyl/N-ethyl adjacent to an activating group) is 1. The van der Waals surface area contributed by atoms with Gasteiger partial charge in [0.1, 0.15) is 5.82 Å². The number of rotatable bonds is 3. The number of nitrogens with zero attached hydrogens (tertiary/aromatic N) is 2. The molecule has 1 fully saturated rings. The number of cyclic esters (lactones) is 1. The quantitative estimate of drug-likeness (QED) is 0.932. The van der Waals surface area contributed by atoms with Crippen LogP contribution in [-0.4, -0.2) is 32.5 Å². The van der Waals surface area contributed by atoms with E-state index >= 15 is 0 Å². The van der Waals surface area contributed by atoms with Crippen molar-refractivity contribution in [2.75, 3.05) is 29.9 Å². The lowest BCUT2D eigenvalue weighted by Gasteiger charge is -2.31. The van der Waals surface area contributed by atoms with Gasteiger partial charge >= 0.3 is 6.09 Å². The Morgan fingerprint density at radius 1 is 1.20 bits per heavy atom. The first-order valence-electron chi connectivity index (χ1n) is 8.42. The van der Waals surface area contributed by atoms with Crippen LogP contribution >= 0.6 is 0 Å². The van der Waals surface area contributed by atoms with Gasteiger partial charge in [-0.05, 0) is 42.8 Å². The monoisotopic (exact) mass is 341 g/mol.